The number of pyridine rings is 1. The van der Waals surface area contributed by atoms with Crippen molar-refractivity contribution in [3.8, 4) is 5.75 Å². The zero-order valence-electron chi connectivity index (χ0n) is 12.1. The molecule has 1 atom stereocenters. The van der Waals surface area contributed by atoms with Crippen molar-refractivity contribution >= 4 is 18.1 Å². The molecular weight excluding hydrogens is 284 g/mol. The van der Waals surface area contributed by atoms with Gasteiger partial charge in [0.25, 0.3) is 0 Å². The van der Waals surface area contributed by atoms with E-state index < -0.39 is 12.0 Å². The van der Waals surface area contributed by atoms with Crippen LogP contribution < -0.4 is 10.1 Å². The smallest absolute Gasteiger partial charge is 0.335 e. The zero-order valence-corrected chi connectivity index (χ0v) is 12.1. The Balaban J connectivity index is 2.09. The first kappa shape index (κ1) is 15.5. The van der Waals surface area contributed by atoms with E-state index in [1.807, 2.05) is 30.3 Å². The first-order valence-corrected chi connectivity index (χ1v) is 6.66. The van der Waals surface area contributed by atoms with E-state index in [0.717, 1.165) is 5.56 Å². The monoisotopic (exact) mass is 300 g/mol. The summed E-state index contributed by atoms with van der Waals surface area (Å²) in [5.74, 6) is 0.0673. The number of esters is 1. The minimum Gasteiger partial charge on any atom is -0.485 e. The van der Waals surface area contributed by atoms with Crippen LogP contribution in [0.15, 0.2) is 48.7 Å². The molecule has 1 heterocycles. The number of aldehydes is 1. The Hall–Kier alpha value is -2.89. The van der Waals surface area contributed by atoms with Gasteiger partial charge in [0.15, 0.2) is 23.9 Å². The Morgan fingerprint density at radius 1 is 1.27 bits per heavy atom. The summed E-state index contributed by atoms with van der Waals surface area (Å²) in [6, 6.07) is 11.9. The van der Waals surface area contributed by atoms with E-state index in [4.69, 9.17) is 4.74 Å². The van der Waals surface area contributed by atoms with Crippen molar-refractivity contribution in [3.05, 3.63) is 54.2 Å². The molecule has 2 aromatic rings. The predicted molar refractivity (Wildman–Crippen MR) is 80.5 cm³/mol. The Morgan fingerprint density at radius 3 is 2.73 bits per heavy atom. The maximum Gasteiger partial charge on any atom is 0.335 e. The van der Waals surface area contributed by atoms with Gasteiger partial charge < -0.3 is 19.6 Å². The molecule has 0 saturated carbocycles. The highest BCUT2D eigenvalue weighted by Crippen LogP contribution is 2.22. The molecule has 6 heteroatoms. The molecule has 1 aromatic heterocycles. The van der Waals surface area contributed by atoms with E-state index in [1.165, 1.54) is 13.3 Å². The topological polar surface area (TPSA) is 77.5 Å². The van der Waals surface area contributed by atoms with Crippen LogP contribution in [0.1, 0.15) is 5.56 Å². The highest BCUT2D eigenvalue weighted by molar-refractivity contribution is 5.95. The fourth-order valence-electron chi connectivity index (χ4n) is 1.77. The van der Waals surface area contributed by atoms with Crippen molar-refractivity contribution in [1.82, 2.24) is 4.98 Å². The van der Waals surface area contributed by atoms with Crippen LogP contribution in [-0.4, -0.2) is 30.4 Å². The van der Waals surface area contributed by atoms with Crippen molar-refractivity contribution in [1.29, 1.82) is 0 Å². The van der Waals surface area contributed by atoms with Crippen LogP contribution in [0, 0.1) is 0 Å². The molecule has 0 radical (unpaired) electrons. The van der Waals surface area contributed by atoms with Gasteiger partial charge in [-0.3, -0.25) is 0 Å². The fourth-order valence-corrected chi connectivity index (χ4v) is 1.77. The van der Waals surface area contributed by atoms with Gasteiger partial charge in [0.2, 0.25) is 0 Å². The van der Waals surface area contributed by atoms with Gasteiger partial charge >= 0.3 is 5.97 Å². The van der Waals surface area contributed by atoms with Gasteiger partial charge in [-0.25, -0.2) is 9.78 Å². The second kappa shape index (κ2) is 7.78. The molecule has 22 heavy (non-hydrogen) atoms. The second-order valence-electron chi connectivity index (χ2n) is 4.41. The number of nitrogens with one attached hydrogen (secondary N) is 1. The van der Waals surface area contributed by atoms with Crippen LogP contribution in [0.25, 0.3) is 0 Å². The van der Waals surface area contributed by atoms with Crippen LogP contribution in [0.4, 0.5) is 5.82 Å². The number of rotatable bonds is 7. The van der Waals surface area contributed by atoms with E-state index in [2.05, 4.69) is 15.0 Å². The molecule has 0 fully saturated rings. The lowest BCUT2D eigenvalue weighted by Gasteiger charge is -2.15. The number of hydrogen-bond acceptors (Lipinski definition) is 6. The van der Waals surface area contributed by atoms with Gasteiger partial charge in [0.1, 0.15) is 6.61 Å². The summed E-state index contributed by atoms with van der Waals surface area (Å²) in [4.78, 5) is 26.5. The molecule has 1 unspecified atom stereocenters. The molecule has 0 spiro atoms. The Kier molecular flexibility index (Phi) is 5.48. The average Bonchev–Trinajstić information content (AvgIpc) is 2.59. The normalized spacial score (nSPS) is 11.3. The highest BCUT2D eigenvalue weighted by atomic mass is 16.5. The number of nitrogens with zero attached hydrogens (tertiary/aromatic N) is 1. The largest absolute Gasteiger partial charge is 0.485 e. The van der Waals surface area contributed by atoms with Gasteiger partial charge in [0, 0.05) is 6.20 Å². The minimum absolute atomic E-state index is 0.306. The SMILES string of the molecule is COC(=O)C(C=O)Nc1ncccc1OCc1ccccc1. The molecule has 0 amide bonds. The van der Waals surface area contributed by atoms with Crippen molar-refractivity contribution in [2.75, 3.05) is 12.4 Å². The minimum atomic E-state index is -1.13. The Labute approximate surface area is 128 Å². The van der Waals surface area contributed by atoms with Gasteiger partial charge in [-0.2, -0.15) is 0 Å². The maximum atomic E-state index is 11.5. The molecular formula is C16H16N2O4. The fraction of sp³-hybridized carbons (Fsp3) is 0.188. The van der Waals surface area contributed by atoms with Crippen molar-refractivity contribution in [2.24, 2.45) is 0 Å². The lowest BCUT2D eigenvalue weighted by atomic mass is 10.2. The number of benzene rings is 1. The summed E-state index contributed by atoms with van der Waals surface area (Å²) in [5.41, 5.74) is 0.997. The van der Waals surface area contributed by atoms with Crippen LogP contribution in [0.3, 0.4) is 0 Å². The standard InChI is InChI=1S/C16H16N2O4/c1-21-16(20)13(10-19)18-15-14(8-5-9-17-15)22-11-12-6-3-2-4-7-12/h2-10,13H,11H2,1H3,(H,17,18). The second-order valence-corrected chi connectivity index (χ2v) is 4.41. The first-order chi connectivity index (χ1) is 10.7. The highest BCUT2D eigenvalue weighted by Gasteiger charge is 2.20. The lowest BCUT2D eigenvalue weighted by Crippen LogP contribution is -2.32. The van der Waals surface area contributed by atoms with Gasteiger partial charge in [0.05, 0.1) is 7.11 Å². The van der Waals surface area contributed by atoms with Crippen LogP contribution in [0.2, 0.25) is 0 Å². The molecule has 2 rings (SSSR count). The van der Waals surface area contributed by atoms with Crippen LogP contribution >= 0.6 is 0 Å². The van der Waals surface area contributed by atoms with Gasteiger partial charge in [-0.05, 0) is 17.7 Å². The number of carbonyl (C=O) groups excluding carboxylic acids is 2. The Morgan fingerprint density at radius 2 is 2.05 bits per heavy atom. The van der Waals surface area contributed by atoms with E-state index in [9.17, 15) is 9.59 Å². The van der Waals surface area contributed by atoms with Crippen molar-refractivity contribution in [3.63, 3.8) is 0 Å². The maximum absolute atomic E-state index is 11.5. The molecule has 0 aliphatic heterocycles. The summed E-state index contributed by atoms with van der Waals surface area (Å²) in [7, 11) is 1.21. The Bertz CT molecular complexity index is 631. The number of ether oxygens (including phenoxy) is 2. The summed E-state index contributed by atoms with van der Waals surface area (Å²) >= 11 is 0. The van der Waals surface area contributed by atoms with E-state index >= 15 is 0 Å². The summed E-state index contributed by atoms with van der Waals surface area (Å²) < 4.78 is 10.2. The number of hydrogen-bond donors (Lipinski definition) is 1. The quantitative estimate of drug-likeness (QED) is 0.477. The predicted octanol–water partition coefficient (Wildman–Crippen LogP) is 1.81. The van der Waals surface area contributed by atoms with Crippen molar-refractivity contribution in [2.45, 2.75) is 12.6 Å². The molecule has 0 aliphatic rings. The third-order valence-electron chi connectivity index (χ3n) is 2.89. The average molecular weight is 300 g/mol. The van der Waals surface area contributed by atoms with Gasteiger partial charge in [-0.1, -0.05) is 30.3 Å². The summed E-state index contributed by atoms with van der Waals surface area (Å²) in [5, 5.41) is 2.71. The first-order valence-electron chi connectivity index (χ1n) is 6.66. The van der Waals surface area contributed by atoms with Crippen molar-refractivity contribution < 1.29 is 19.1 Å². The molecule has 0 aliphatic carbocycles. The van der Waals surface area contributed by atoms with Gasteiger partial charge in [-0.15, -0.1) is 0 Å². The lowest BCUT2D eigenvalue weighted by molar-refractivity contribution is -0.142. The molecule has 1 aromatic carbocycles. The molecule has 114 valence electrons. The van der Waals surface area contributed by atoms with E-state index in [1.54, 1.807) is 12.1 Å². The third-order valence-corrected chi connectivity index (χ3v) is 2.89. The summed E-state index contributed by atoms with van der Waals surface area (Å²) in [6.07, 6.45) is 2.00. The number of carbonyl (C=O) groups is 2. The molecule has 6 nitrogen and oxygen atoms in total. The summed E-state index contributed by atoms with van der Waals surface area (Å²) in [6.45, 7) is 0.352. The number of anilines is 1. The zero-order chi connectivity index (χ0) is 15.8. The van der Waals surface area contributed by atoms with Crippen LogP contribution in [-0.2, 0) is 20.9 Å². The number of aromatic nitrogens is 1. The van der Waals surface area contributed by atoms with E-state index in [0.29, 0.717) is 24.5 Å². The number of methoxy groups -OCH3 is 1. The van der Waals surface area contributed by atoms with Crippen LogP contribution in [0.5, 0.6) is 5.75 Å². The van der Waals surface area contributed by atoms with E-state index in [-0.39, 0.29) is 0 Å². The third kappa shape index (κ3) is 4.05. The molecule has 1 N–H and O–H groups in total. The molecule has 0 saturated heterocycles. The molecule has 0 bridgehead atoms.